The molecule has 2 aromatic carbocycles. The van der Waals surface area contributed by atoms with Gasteiger partial charge in [-0.25, -0.2) is 4.79 Å². The standard InChI is InChI=1S/C16H14O4/c1-19-15-9-7-12(11-14(15)17)8-10-16(18)20-13-5-3-2-4-6-13/h2-11,17H,1H3. The Morgan fingerprint density at radius 1 is 1.15 bits per heavy atom. The van der Waals surface area contributed by atoms with Crippen LogP contribution >= 0.6 is 0 Å². The van der Waals surface area contributed by atoms with Gasteiger partial charge in [0.05, 0.1) is 7.11 Å². The predicted octanol–water partition coefficient (Wildman–Crippen LogP) is 3.02. The quantitative estimate of drug-likeness (QED) is 0.527. The molecule has 0 saturated carbocycles. The van der Waals surface area contributed by atoms with Crippen molar-refractivity contribution in [3.05, 3.63) is 60.2 Å². The van der Waals surface area contributed by atoms with Gasteiger partial charge >= 0.3 is 5.97 Å². The average molecular weight is 270 g/mol. The number of esters is 1. The molecule has 20 heavy (non-hydrogen) atoms. The Morgan fingerprint density at radius 2 is 1.90 bits per heavy atom. The van der Waals surface area contributed by atoms with Crippen molar-refractivity contribution in [1.82, 2.24) is 0 Å². The predicted molar refractivity (Wildman–Crippen MR) is 75.8 cm³/mol. The van der Waals surface area contributed by atoms with Crippen LogP contribution in [0.4, 0.5) is 0 Å². The molecule has 0 aliphatic heterocycles. The maximum absolute atomic E-state index is 11.6. The molecule has 0 saturated heterocycles. The molecule has 0 aromatic heterocycles. The lowest BCUT2D eigenvalue weighted by Crippen LogP contribution is -2.03. The summed E-state index contributed by atoms with van der Waals surface area (Å²) in [6, 6.07) is 13.7. The van der Waals surface area contributed by atoms with E-state index in [4.69, 9.17) is 9.47 Å². The van der Waals surface area contributed by atoms with Crippen molar-refractivity contribution in [2.24, 2.45) is 0 Å². The molecule has 0 amide bonds. The molecule has 0 atom stereocenters. The van der Waals surface area contributed by atoms with Crippen LogP contribution in [0, 0.1) is 0 Å². The molecule has 4 heteroatoms. The van der Waals surface area contributed by atoms with E-state index in [-0.39, 0.29) is 5.75 Å². The van der Waals surface area contributed by atoms with Gasteiger partial charge < -0.3 is 14.6 Å². The van der Waals surface area contributed by atoms with Crippen LogP contribution in [0.25, 0.3) is 6.08 Å². The summed E-state index contributed by atoms with van der Waals surface area (Å²) in [5.74, 6) is 0.409. The molecule has 0 fully saturated rings. The molecule has 1 N–H and O–H groups in total. The monoisotopic (exact) mass is 270 g/mol. The fourth-order valence-corrected chi connectivity index (χ4v) is 1.61. The molecule has 0 heterocycles. The van der Waals surface area contributed by atoms with Gasteiger partial charge in [0.1, 0.15) is 5.75 Å². The fourth-order valence-electron chi connectivity index (χ4n) is 1.61. The zero-order chi connectivity index (χ0) is 14.4. The fraction of sp³-hybridized carbons (Fsp3) is 0.0625. The van der Waals surface area contributed by atoms with E-state index in [0.717, 1.165) is 0 Å². The Hall–Kier alpha value is -2.75. The van der Waals surface area contributed by atoms with Crippen LogP contribution in [-0.4, -0.2) is 18.2 Å². The molecule has 0 bridgehead atoms. The number of phenolic OH excluding ortho intramolecular Hbond substituents is 1. The second kappa shape index (κ2) is 6.43. The first kappa shape index (κ1) is 13.7. The maximum atomic E-state index is 11.6. The highest BCUT2D eigenvalue weighted by molar-refractivity contribution is 5.88. The maximum Gasteiger partial charge on any atom is 0.336 e. The van der Waals surface area contributed by atoms with Gasteiger partial charge in [0.2, 0.25) is 0 Å². The molecule has 0 unspecified atom stereocenters. The summed E-state index contributed by atoms with van der Waals surface area (Å²) in [4.78, 5) is 11.6. The van der Waals surface area contributed by atoms with Crippen molar-refractivity contribution in [1.29, 1.82) is 0 Å². The van der Waals surface area contributed by atoms with Crippen LogP contribution in [0.3, 0.4) is 0 Å². The van der Waals surface area contributed by atoms with Gasteiger partial charge in [-0.2, -0.15) is 0 Å². The lowest BCUT2D eigenvalue weighted by atomic mass is 10.2. The lowest BCUT2D eigenvalue weighted by molar-refractivity contribution is -0.128. The van der Waals surface area contributed by atoms with E-state index >= 15 is 0 Å². The van der Waals surface area contributed by atoms with Crippen molar-refractivity contribution in [2.75, 3.05) is 7.11 Å². The Morgan fingerprint density at radius 3 is 2.55 bits per heavy atom. The molecular weight excluding hydrogens is 256 g/mol. The number of hydrogen-bond donors (Lipinski definition) is 1. The van der Waals surface area contributed by atoms with Gasteiger partial charge in [0.15, 0.2) is 11.5 Å². The molecule has 2 rings (SSSR count). The third kappa shape index (κ3) is 3.62. The van der Waals surface area contributed by atoms with Crippen LogP contribution in [0.15, 0.2) is 54.6 Å². The Kier molecular flexibility index (Phi) is 4.39. The van der Waals surface area contributed by atoms with E-state index in [9.17, 15) is 9.90 Å². The first-order valence-corrected chi connectivity index (χ1v) is 6.01. The summed E-state index contributed by atoms with van der Waals surface area (Å²) >= 11 is 0. The average Bonchev–Trinajstić information content (AvgIpc) is 2.46. The zero-order valence-corrected chi connectivity index (χ0v) is 10.9. The highest BCUT2D eigenvalue weighted by Gasteiger charge is 2.02. The van der Waals surface area contributed by atoms with Crippen molar-refractivity contribution in [3.8, 4) is 17.2 Å². The van der Waals surface area contributed by atoms with E-state index in [0.29, 0.717) is 17.1 Å². The summed E-state index contributed by atoms with van der Waals surface area (Å²) in [6.45, 7) is 0. The van der Waals surface area contributed by atoms with Crippen LogP contribution in [-0.2, 0) is 4.79 Å². The normalized spacial score (nSPS) is 10.4. The minimum Gasteiger partial charge on any atom is -0.504 e. The Bertz CT molecular complexity index is 618. The summed E-state index contributed by atoms with van der Waals surface area (Å²) in [6.07, 6.45) is 2.86. The van der Waals surface area contributed by atoms with Crippen LogP contribution in [0.5, 0.6) is 17.2 Å². The molecule has 0 aliphatic rings. The minimum atomic E-state index is -0.480. The van der Waals surface area contributed by atoms with Gasteiger partial charge in [-0.15, -0.1) is 0 Å². The Balaban J connectivity index is 2.02. The van der Waals surface area contributed by atoms with E-state index in [1.807, 2.05) is 6.07 Å². The second-order valence-corrected chi connectivity index (χ2v) is 4.00. The third-order valence-electron chi connectivity index (χ3n) is 2.58. The van der Waals surface area contributed by atoms with E-state index in [2.05, 4.69) is 0 Å². The Labute approximate surface area is 116 Å². The molecule has 0 radical (unpaired) electrons. The molecule has 2 aromatic rings. The second-order valence-electron chi connectivity index (χ2n) is 4.00. The van der Waals surface area contributed by atoms with Crippen LogP contribution in [0.1, 0.15) is 5.56 Å². The van der Waals surface area contributed by atoms with Crippen molar-refractivity contribution in [2.45, 2.75) is 0 Å². The summed E-state index contributed by atoms with van der Waals surface area (Å²) in [5.41, 5.74) is 0.674. The molecule has 4 nitrogen and oxygen atoms in total. The van der Waals surface area contributed by atoms with Crippen LogP contribution < -0.4 is 9.47 Å². The number of ether oxygens (including phenoxy) is 2. The van der Waals surface area contributed by atoms with Gasteiger partial charge in [-0.3, -0.25) is 0 Å². The molecule has 0 spiro atoms. The van der Waals surface area contributed by atoms with Gasteiger partial charge in [0.25, 0.3) is 0 Å². The van der Waals surface area contributed by atoms with E-state index in [1.54, 1.807) is 42.5 Å². The molecule has 102 valence electrons. The van der Waals surface area contributed by atoms with Crippen LogP contribution in [0.2, 0.25) is 0 Å². The lowest BCUT2D eigenvalue weighted by Gasteiger charge is -2.03. The number of hydrogen-bond acceptors (Lipinski definition) is 4. The van der Waals surface area contributed by atoms with Gasteiger partial charge in [0, 0.05) is 6.08 Å². The van der Waals surface area contributed by atoms with Gasteiger partial charge in [-0.05, 0) is 35.9 Å². The highest BCUT2D eigenvalue weighted by Crippen LogP contribution is 2.26. The number of methoxy groups -OCH3 is 1. The first-order chi connectivity index (χ1) is 9.69. The largest absolute Gasteiger partial charge is 0.504 e. The minimum absolute atomic E-state index is 0.0195. The van der Waals surface area contributed by atoms with Crippen molar-refractivity contribution in [3.63, 3.8) is 0 Å². The third-order valence-corrected chi connectivity index (χ3v) is 2.58. The molecular formula is C16H14O4. The number of phenols is 1. The number of carbonyl (C=O) groups excluding carboxylic acids is 1. The van der Waals surface area contributed by atoms with Gasteiger partial charge in [-0.1, -0.05) is 24.3 Å². The van der Waals surface area contributed by atoms with E-state index < -0.39 is 5.97 Å². The zero-order valence-electron chi connectivity index (χ0n) is 10.9. The number of aromatic hydroxyl groups is 1. The SMILES string of the molecule is COc1ccc(C=CC(=O)Oc2ccccc2)cc1O. The summed E-state index contributed by atoms with van der Waals surface area (Å²) in [7, 11) is 1.47. The first-order valence-electron chi connectivity index (χ1n) is 6.01. The smallest absolute Gasteiger partial charge is 0.336 e. The number of para-hydroxylation sites is 1. The number of carbonyl (C=O) groups is 1. The van der Waals surface area contributed by atoms with Crippen molar-refractivity contribution >= 4 is 12.0 Å². The number of rotatable bonds is 4. The topological polar surface area (TPSA) is 55.8 Å². The summed E-state index contributed by atoms with van der Waals surface area (Å²) < 4.78 is 10.0. The number of benzene rings is 2. The van der Waals surface area contributed by atoms with E-state index in [1.165, 1.54) is 19.3 Å². The van der Waals surface area contributed by atoms with Crippen molar-refractivity contribution < 1.29 is 19.4 Å². The highest BCUT2D eigenvalue weighted by atomic mass is 16.5. The summed E-state index contributed by atoms with van der Waals surface area (Å²) in [5, 5.41) is 9.62. The molecule has 0 aliphatic carbocycles.